The van der Waals surface area contributed by atoms with Crippen LogP contribution in [0.2, 0.25) is 0 Å². The summed E-state index contributed by atoms with van der Waals surface area (Å²) in [6.07, 6.45) is 11.1. The quantitative estimate of drug-likeness (QED) is 0.750. The van der Waals surface area contributed by atoms with Crippen LogP contribution in [0.4, 0.5) is 0 Å². The highest BCUT2D eigenvalue weighted by Crippen LogP contribution is 2.16. The second kappa shape index (κ2) is 4.24. The lowest BCUT2D eigenvalue weighted by atomic mass is 10.0. The molecule has 1 unspecified atom stereocenters. The van der Waals surface area contributed by atoms with Crippen molar-refractivity contribution in [2.75, 3.05) is 13.1 Å². The molecule has 0 aliphatic carbocycles. The molecule has 1 atom stereocenters. The second-order valence-corrected chi connectivity index (χ2v) is 4.50. The van der Waals surface area contributed by atoms with Gasteiger partial charge in [-0.25, -0.2) is 0 Å². The summed E-state index contributed by atoms with van der Waals surface area (Å²) in [6, 6.07) is 0.311. The Balaban J connectivity index is 1.74. The minimum absolute atomic E-state index is 0.311. The molecule has 3 heteroatoms. The van der Waals surface area contributed by atoms with Crippen LogP contribution >= 0.6 is 0 Å². The van der Waals surface area contributed by atoms with Crippen LogP contribution in [0.5, 0.6) is 0 Å². The highest BCUT2D eigenvalue weighted by atomic mass is 15.0. The molecule has 3 aliphatic rings. The van der Waals surface area contributed by atoms with Gasteiger partial charge in [0.2, 0.25) is 0 Å². The highest BCUT2D eigenvalue weighted by Gasteiger charge is 2.21. The first-order chi connectivity index (χ1) is 7.93. The van der Waals surface area contributed by atoms with Gasteiger partial charge in [0, 0.05) is 18.8 Å². The summed E-state index contributed by atoms with van der Waals surface area (Å²) in [5.41, 5.74) is 3.76. The molecule has 0 radical (unpaired) electrons. The van der Waals surface area contributed by atoms with Gasteiger partial charge in [-0.05, 0) is 31.8 Å². The molecule has 0 aromatic heterocycles. The minimum Gasteiger partial charge on any atom is -0.372 e. The standard InChI is InChI=1S/C13H17N3/c1-4-12(10-6-2-8-14-10)16-13(5-1)11-7-3-9-15-11/h1,4-5,12,16H,2-3,6-9H2. The van der Waals surface area contributed by atoms with Crippen LogP contribution in [0.25, 0.3) is 0 Å². The predicted molar refractivity (Wildman–Crippen MR) is 67.2 cm³/mol. The highest BCUT2D eigenvalue weighted by molar-refractivity contribution is 6.02. The van der Waals surface area contributed by atoms with E-state index in [9.17, 15) is 0 Å². The third-order valence-electron chi connectivity index (χ3n) is 3.33. The van der Waals surface area contributed by atoms with E-state index in [0.717, 1.165) is 25.9 Å². The molecule has 3 rings (SSSR count). The van der Waals surface area contributed by atoms with Crippen LogP contribution in [-0.2, 0) is 0 Å². The maximum Gasteiger partial charge on any atom is 0.0829 e. The molecular weight excluding hydrogens is 198 g/mol. The van der Waals surface area contributed by atoms with Gasteiger partial charge in [0.25, 0.3) is 0 Å². The average molecular weight is 215 g/mol. The molecule has 1 N–H and O–H groups in total. The first kappa shape index (κ1) is 9.82. The third kappa shape index (κ3) is 1.82. The van der Waals surface area contributed by atoms with E-state index in [0.29, 0.717) is 6.04 Å². The van der Waals surface area contributed by atoms with Gasteiger partial charge in [-0.2, -0.15) is 0 Å². The lowest BCUT2D eigenvalue weighted by Crippen LogP contribution is -2.37. The van der Waals surface area contributed by atoms with Crippen molar-refractivity contribution < 1.29 is 0 Å². The van der Waals surface area contributed by atoms with E-state index in [4.69, 9.17) is 0 Å². The lowest BCUT2D eigenvalue weighted by Gasteiger charge is -2.22. The van der Waals surface area contributed by atoms with Crippen LogP contribution in [0, 0.1) is 0 Å². The third-order valence-corrected chi connectivity index (χ3v) is 3.33. The molecule has 0 saturated heterocycles. The van der Waals surface area contributed by atoms with Crippen molar-refractivity contribution in [3.8, 4) is 0 Å². The fourth-order valence-electron chi connectivity index (χ4n) is 2.48. The molecule has 0 bridgehead atoms. The molecule has 0 aromatic rings. The molecule has 0 fully saturated rings. The van der Waals surface area contributed by atoms with Crippen molar-refractivity contribution >= 4 is 11.4 Å². The van der Waals surface area contributed by atoms with Gasteiger partial charge < -0.3 is 5.32 Å². The average Bonchev–Trinajstić information content (AvgIpc) is 3.03. The fourth-order valence-corrected chi connectivity index (χ4v) is 2.48. The van der Waals surface area contributed by atoms with Crippen molar-refractivity contribution in [2.24, 2.45) is 9.98 Å². The van der Waals surface area contributed by atoms with Crippen LogP contribution in [0.1, 0.15) is 25.7 Å². The molecule has 3 nitrogen and oxygen atoms in total. The summed E-state index contributed by atoms with van der Waals surface area (Å²) in [5, 5.41) is 3.55. The van der Waals surface area contributed by atoms with Crippen molar-refractivity contribution in [1.82, 2.24) is 5.32 Å². The van der Waals surface area contributed by atoms with Crippen LogP contribution in [0.3, 0.4) is 0 Å². The number of hydrogen-bond donors (Lipinski definition) is 1. The SMILES string of the molecule is C1=CC(C2=NCCC2)NC(C2=NCCC2)=C1. The molecule has 3 aliphatic heterocycles. The number of nitrogens with one attached hydrogen (secondary N) is 1. The summed E-state index contributed by atoms with van der Waals surface area (Å²) in [5.74, 6) is 0. The van der Waals surface area contributed by atoms with Gasteiger partial charge >= 0.3 is 0 Å². The number of nitrogens with zero attached hydrogens (tertiary/aromatic N) is 2. The zero-order chi connectivity index (χ0) is 10.8. The van der Waals surface area contributed by atoms with Gasteiger partial charge in [-0.15, -0.1) is 0 Å². The first-order valence-electron chi connectivity index (χ1n) is 6.15. The zero-order valence-electron chi connectivity index (χ0n) is 9.45. The summed E-state index contributed by atoms with van der Waals surface area (Å²) < 4.78 is 0. The topological polar surface area (TPSA) is 36.8 Å². The Morgan fingerprint density at radius 1 is 1.12 bits per heavy atom. The molecule has 3 heterocycles. The Morgan fingerprint density at radius 2 is 2.00 bits per heavy atom. The van der Waals surface area contributed by atoms with Crippen LogP contribution < -0.4 is 5.32 Å². The van der Waals surface area contributed by atoms with Gasteiger partial charge in [0.05, 0.1) is 17.5 Å². The number of aliphatic imine (C=N–C) groups is 2. The van der Waals surface area contributed by atoms with Crippen molar-refractivity contribution in [3.05, 3.63) is 23.9 Å². The van der Waals surface area contributed by atoms with Gasteiger partial charge in [-0.1, -0.05) is 12.2 Å². The summed E-state index contributed by atoms with van der Waals surface area (Å²) in [6.45, 7) is 1.99. The summed E-state index contributed by atoms with van der Waals surface area (Å²) in [7, 11) is 0. The van der Waals surface area contributed by atoms with E-state index in [1.165, 1.54) is 30.0 Å². The van der Waals surface area contributed by atoms with E-state index in [1.54, 1.807) is 0 Å². The molecular formula is C13H17N3. The Hall–Kier alpha value is -1.38. The van der Waals surface area contributed by atoms with Crippen LogP contribution in [-0.4, -0.2) is 30.6 Å². The summed E-state index contributed by atoms with van der Waals surface area (Å²) in [4.78, 5) is 9.09. The Labute approximate surface area is 96.1 Å². The Morgan fingerprint density at radius 3 is 2.75 bits per heavy atom. The molecule has 0 spiro atoms. The van der Waals surface area contributed by atoms with Gasteiger partial charge in [0.15, 0.2) is 0 Å². The van der Waals surface area contributed by atoms with Gasteiger partial charge in [0.1, 0.15) is 0 Å². The second-order valence-electron chi connectivity index (χ2n) is 4.50. The van der Waals surface area contributed by atoms with E-state index < -0.39 is 0 Å². The van der Waals surface area contributed by atoms with Crippen molar-refractivity contribution in [2.45, 2.75) is 31.7 Å². The fraction of sp³-hybridized carbons (Fsp3) is 0.538. The smallest absolute Gasteiger partial charge is 0.0829 e. The number of rotatable bonds is 2. The Bertz CT molecular complexity index is 401. The van der Waals surface area contributed by atoms with Crippen molar-refractivity contribution in [3.63, 3.8) is 0 Å². The van der Waals surface area contributed by atoms with Crippen molar-refractivity contribution in [1.29, 1.82) is 0 Å². The van der Waals surface area contributed by atoms with E-state index in [2.05, 4.69) is 33.5 Å². The zero-order valence-corrected chi connectivity index (χ0v) is 9.45. The minimum atomic E-state index is 0.311. The maximum absolute atomic E-state index is 4.56. The Kier molecular flexibility index (Phi) is 2.60. The molecule has 84 valence electrons. The van der Waals surface area contributed by atoms with E-state index in [-0.39, 0.29) is 0 Å². The molecule has 16 heavy (non-hydrogen) atoms. The van der Waals surface area contributed by atoms with Gasteiger partial charge in [-0.3, -0.25) is 9.98 Å². The van der Waals surface area contributed by atoms with Crippen LogP contribution in [0.15, 0.2) is 33.9 Å². The molecule has 0 aromatic carbocycles. The molecule has 0 amide bonds. The van der Waals surface area contributed by atoms with E-state index >= 15 is 0 Å². The normalized spacial score (nSPS) is 28.5. The monoisotopic (exact) mass is 215 g/mol. The first-order valence-corrected chi connectivity index (χ1v) is 6.15. The van der Waals surface area contributed by atoms with E-state index in [1.807, 2.05) is 0 Å². The lowest BCUT2D eigenvalue weighted by molar-refractivity contribution is 0.821. The largest absolute Gasteiger partial charge is 0.372 e. The number of allylic oxidation sites excluding steroid dienone is 3. The molecule has 0 saturated carbocycles. The predicted octanol–water partition coefficient (Wildman–Crippen LogP) is 1.87. The number of hydrogen-bond acceptors (Lipinski definition) is 3. The number of dihydropyridines is 1. The summed E-state index contributed by atoms with van der Waals surface area (Å²) >= 11 is 0. The maximum atomic E-state index is 4.56.